The zero-order valence-electron chi connectivity index (χ0n) is 14.4. The van der Waals surface area contributed by atoms with E-state index in [0.717, 1.165) is 4.90 Å². The number of hydrogen-bond donors (Lipinski definition) is 3. The molecule has 27 heavy (non-hydrogen) atoms. The van der Waals surface area contributed by atoms with Crippen LogP contribution in [0.3, 0.4) is 0 Å². The Morgan fingerprint density at radius 3 is 2.59 bits per heavy atom. The van der Waals surface area contributed by atoms with Crippen molar-refractivity contribution >= 4 is 28.2 Å². The second-order valence-electron chi connectivity index (χ2n) is 6.44. The normalized spacial score (nSPS) is 26.2. The van der Waals surface area contributed by atoms with Gasteiger partial charge in [0, 0.05) is 19.6 Å². The summed E-state index contributed by atoms with van der Waals surface area (Å²) in [6.45, 7) is 2.52. The number of hydrazine groups is 1. The molecule has 0 radical (unpaired) electrons. The van der Waals surface area contributed by atoms with Crippen molar-refractivity contribution in [3.8, 4) is 0 Å². The highest BCUT2D eigenvalue weighted by Gasteiger charge is 2.49. The standard InChI is InChI=1S/C13H21N5O8S/c19-11(8-16-3-5-25-6-4-16)14-15-12(20)10-2-1-9-7-17(10)13(21)18(9)26-27(22,23)24/h9-10H,1-8H2,(H,14,19)(H,15,20)(H,22,23,24)/t9-,10+/m1/s1. The molecule has 3 saturated heterocycles. The highest BCUT2D eigenvalue weighted by molar-refractivity contribution is 7.80. The number of amides is 4. The van der Waals surface area contributed by atoms with Crippen LogP contribution in [-0.4, -0.2) is 97.2 Å². The molecule has 4 amide bonds. The minimum absolute atomic E-state index is 0.0775. The lowest BCUT2D eigenvalue weighted by Crippen LogP contribution is -2.55. The maximum absolute atomic E-state index is 12.3. The Balaban J connectivity index is 1.50. The first-order valence-electron chi connectivity index (χ1n) is 8.40. The Bertz CT molecular complexity index is 709. The fourth-order valence-corrected chi connectivity index (χ4v) is 3.71. The lowest BCUT2D eigenvalue weighted by Gasteiger charge is -2.29. The van der Waals surface area contributed by atoms with Gasteiger partial charge < -0.3 is 9.64 Å². The molecule has 0 aromatic heterocycles. The first kappa shape index (κ1) is 19.8. The van der Waals surface area contributed by atoms with E-state index in [9.17, 15) is 22.8 Å². The molecule has 0 unspecified atom stereocenters. The number of fused-ring (bicyclic) bond motifs is 2. The zero-order valence-corrected chi connectivity index (χ0v) is 15.2. The van der Waals surface area contributed by atoms with Gasteiger partial charge in [-0.2, -0.15) is 13.5 Å². The quantitative estimate of drug-likeness (QED) is 0.330. The van der Waals surface area contributed by atoms with Crippen LogP contribution >= 0.6 is 0 Å². The first-order chi connectivity index (χ1) is 12.7. The van der Waals surface area contributed by atoms with E-state index in [1.807, 2.05) is 4.90 Å². The number of nitrogens with zero attached hydrogens (tertiary/aromatic N) is 3. The fraction of sp³-hybridized carbons (Fsp3) is 0.769. The average Bonchev–Trinajstić information content (AvgIpc) is 2.84. The molecule has 3 fully saturated rings. The van der Waals surface area contributed by atoms with Gasteiger partial charge in [-0.1, -0.05) is 0 Å². The molecule has 0 saturated carbocycles. The number of ether oxygens (including phenoxy) is 1. The molecule has 2 bridgehead atoms. The van der Waals surface area contributed by atoms with E-state index in [-0.39, 0.29) is 19.5 Å². The average molecular weight is 407 g/mol. The Morgan fingerprint density at radius 2 is 1.93 bits per heavy atom. The molecule has 0 aromatic rings. The van der Waals surface area contributed by atoms with Crippen molar-refractivity contribution in [2.24, 2.45) is 0 Å². The van der Waals surface area contributed by atoms with Gasteiger partial charge in [0.05, 0.1) is 25.8 Å². The Kier molecular flexibility index (Phi) is 5.81. The van der Waals surface area contributed by atoms with Crippen molar-refractivity contribution in [2.75, 3.05) is 39.4 Å². The Morgan fingerprint density at radius 1 is 1.22 bits per heavy atom. The van der Waals surface area contributed by atoms with Crippen molar-refractivity contribution < 1.29 is 36.4 Å². The molecule has 3 heterocycles. The molecule has 152 valence electrons. The molecule has 3 aliphatic heterocycles. The molecule has 0 aliphatic carbocycles. The van der Waals surface area contributed by atoms with Gasteiger partial charge in [-0.25, -0.2) is 4.79 Å². The number of urea groups is 1. The molecule has 2 atom stereocenters. The lowest BCUT2D eigenvalue weighted by molar-refractivity contribution is -0.132. The topological polar surface area (TPSA) is 158 Å². The number of piperidine rings is 1. The summed E-state index contributed by atoms with van der Waals surface area (Å²) in [5.74, 6) is -0.992. The molecule has 14 heteroatoms. The number of morpholine rings is 1. The zero-order chi connectivity index (χ0) is 19.6. The Hall–Kier alpha value is -2.00. The minimum Gasteiger partial charge on any atom is -0.379 e. The molecular formula is C13H21N5O8S. The van der Waals surface area contributed by atoms with Gasteiger partial charge in [0.1, 0.15) is 6.04 Å². The number of hydrogen-bond acceptors (Lipinski definition) is 8. The molecule has 3 aliphatic rings. The van der Waals surface area contributed by atoms with Gasteiger partial charge in [-0.15, -0.1) is 4.28 Å². The summed E-state index contributed by atoms with van der Waals surface area (Å²) in [5.41, 5.74) is 4.60. The summed E-state index contributed by atoms with van der Waals surface area (Å²) in [7, 11) is -4.85. The molecule has 3 rings (SSSR count). The van der Waals surface area contributed by atoms with E-state index in [1.165, 1.54) is 0 Å². The van der Waals surface area contributed by atoms with Gasteiger partial charge in [0.15, 0.2) is 0 Å². The van der Waals surface area contributed by atoms with Gasteiger partial charge in [-0.3, -0.25) is 29.9 Å². The van der Waals surface area contributed by atoms with Gasteiger partial charge in [0.25, 0.3) is 11.8 Å². The lowest BCUT2D eigenvalue weighted by atomic mass is 10.0. The second kappa shape index (κ2) is 7.93. The van der Waals surface area contributed by atoms with Crippen LogP contribution in [0.2, 0.25) is 0 Å². The summed E-state index contributed by atoms with van der Waals surface area (Å²) in [6, 6.07) is -2.30. The van der Waals surface area contributed by atoms with E-state index in [1.54, 1.807) is 0 Å². The van der Waals surface area contributed by atoms with Crippen LogP contribution in [-0.2, 0) is 29.0 Å². The van der Waals surface area contributed by atoms with E-state index in [4.69, 9.17) is 9.29 Å². The van der Waals surface area contributed by atoms with E-state index in [2.05, 4.69) is 15.1 Å². The third kappa shape index (κ3) is 4.84. The minimum atomic E-state index is -4.85. The SMILES string of the molecule is O=C(CN1CCOCC1)NNC(=O)[C@@H]1CC[C@@H]2CN1C(=O)N2OS(=O)(=O)O. The van der Waals surface area contributed by atoms with Crippen LogP contribution in [0.25, 0.3) is 0 Å². The van der Waals surface area contributed by atoms with Crippen LogP contribution < -0.4 is 10.9 Å². The second-order valence-corrected chi connectivity index (χ2v) is 7.44. The number of nitrogens with one attached hydrogen (secondary N) is 2. The highest BCUT2D eigenvalue weighted by atomic mass is 32.3. The van der Waals surface area contributed by atoms with E-state index >= 15 is 0 Å². The molecule has 0 aromatic carbocycles. The van der Waals surface area contributed by atoms with Crippen LogP contribution in [0.4, 0.5) is 4.79 Å². The van der Waals surface area contributed by atoms with Crippen molar-refractivity contribution in [3.05, 3.63) is 0 Å². The van der Waals surface area contributed by atoms with Crippen molar-refractivity contribution in [1.29, 1.82) is 0 Å². The van der Waals surface area contributed by atoms with E-state index < -0.39 is 40.3 Å². The molecule has 0 spiro atoms. The smallest absolute Gasteiger partial charge is 0.379 e. The summed E-state index contributed by atoms with van der Waals surface area (Å²) in [5, 5.41) is 0.555. The fourth-order valence-electron chi connectivity index (χ4n) is 3.32. The summed E-state index contributed by atoms with van der Waals surface area (Å²) < 4.78 is 40.0. The maximum Gasteiger partial charge on any atom is 0.418 e. The maximum atomic E-state index is 12.3. The van der Waals surface area contributed by atoms with Gasteiger partial charge >= 0.3 is 16.4 Å². The predicted octanol–water partition coefficient (Wildman–Crippen LogP) is -2.53. The van der Waals surface area contributed by atoms with E-state index in [0.29, 0.717) is 37.8 Å². The largest absolute Gasteiger partial charge is 0.418 e. The number of carbonyl (C=O) groups excluding carboxylic acids is 3. The number of carbonyl (C=O) groups is 3. The monoisotopic (exact) mass is 407 g/mol. The number of rotatable bonds is 5. The van der Waals surface area contributed by atoms with Crippen LogP contribution in [0, 0.1) is 0 Å². The van der Waals surface area contributed by atoms with Crippen LogP contribution in [0.5, 0.6) is 0 Å². The predicted molar refractivity (Wildman–Crippen MR) is 86.9 cm³/mol. The summed E-state index contributed by atoms with van der Waals surface area (Å²) >= 11 is 0. The molecule has 13 nitrogen and oxygen atoms in total. The third-order valence-electron chi connectivity index (χ3n) is 4.60. The summed E-state index contributed by atoms with van der Waals surface area (Å²) in [6.07, 6.45) is 0.560. The van der Waals surface area contributed by atoms with Gasteiger partial charge in [-0.05, 0) is 12.8 Å². The number of hydroxylamine groups is 2. The third-order valence-corrected chi connectivity index (χ3v) is 4.95. The van der Waals surface area contributed by atoms with Crippen molar-refractivity contribution in [1.82, 2.24) is 25.7 Å². The van der Waals surface area contributed by atoms with Crippen LogP contribution in [0.15, 0.2) is 0 Å². The van der Waals surface area contributed by atoms with Crippen molar-refractivity contribution in [2.45, 2.75) is 24.9 Å². The molecular weight excluding hydrogens is 386 g/mol. The summed E-state index contributed by atoms with van der Waals surface area (Å²) in [4.78, 5) is 39.5. The first-order valence-corrected chi connectivity index (χ1v) is 9.77. The van der Waals surface area contributed by atoms with Crippen LogP contribution in [0.1, 0.15) is 12.8 Å². The Labute approximate surface area is 155 Å². The highest BCUT2D eigenvalue weighted by Crippen LogP contribution is 2.30. The van der Waals surface area contributed by atoms with Gasteiger partial charge in [0.2, 0.25) is 0 Å². The molecule has 3 N–H and O–H groups in total. The van der Waals surface area contributed by atoms with Crippen molar-refractivity contribution in [3.63, 3.8) is 0 Å².